The van der Waals surface area contributed by atoms with E-state index in [9.17, 15) is 9.59 Å². The van der Waals surface area contributed by atoms with Crippen LogP contribution < -0.4 is 10.6 Å². The lowest BCUT2D eigenvalue weighted by molar-refractivity contribution is -0.139. The number of carbonyl (C=O) groups excluding carboxylic acids is 2. The van der Waals surface area contributed by atoms with Crippen LogP contribution in [0, 0.1) is 5.92 Å². The van der Waals surface area contributed by atoms with Gasteiger partial charge in [0.2, 0.25) is 0 Å². The SMILES string of the molecule is CC(C)CNC(=O)C(=O)NCc1ccccc1Cl. The van der Waals surface area contributed by atoms with E-state index in [-0.39, 0.29) is 6.54 Å². The number of halogens is 1. The first-order valence-electron chi connectivity index (χ1n) is 5.80. The van der Waals surface area contributed by atoms with E-state index < -0.39 is 11.8 Å². The second-order valence-electron chi connectivity index (χ2n) is 4.38. The molecule has 0 spiro atoms. The van der Waals surface area contributed by atoms with Gasteiger partial charge in [0.05, 0.1) is 0 Å². The molecule has 0 fully saturated rings. The summed E-state index contributed by atoms with van der Waals surface area (Å²) in [7, 11) is 0. The molecule has 0 aromatic heterocycles. The molecule has 0 bridgehead atoms. The zero-order valence-corrected chi connectivity index (χ0v) is 11.3. The molecule has 0 saturated heterocycles. The number of benzene rings is 1. The molecule has 1 rings (SSSR count). The van der Waals surface area contributed by atoms with Crippen molar-refractivity contribution in [2.75, 3.05) is 6.54 Å². The van der Waals surface area contributed by atoms with E-state index in [4.69, 9.17) is 11.6 Å². The predicted molar refractivity (Wildman–Crippen MR) is 71.1 cm³/mol. The van der Waals surface area contributed by atoms with Crippen LogP contribution >= 0.6 is 11.6 Å². The highest BCUT2D eigenvalue weighted by Crippen LogP contribution is 2.14. The largest absolute Gasteiger partial charge is 0.348 e. The molecule has 0 unspecified atom stereocenters. The fourth-order valence-electron chi connectivity index (χ4n) is 1.27. The maximum Gasteiger partial charge on any atom is 0.309 e. The van der Waals surface area contributed by atoms with Gasteiger partial charge in [-0.25, -0.2) is 0 Å². The number of nitrogens with one attached hydrogen (secondary N) is 2. The molecule has 0 radical (unpaired) electrons. The number of hydrogen-bond acceptors (Lipinski definition) is 2. The molecule has 0 heterocycles. The van der Waals surface area contributed by atoms with E-state index in [0.29, 0.717) is 17.5 Å². The van der Waals surface area contributed by atoms with Crippen LogP contribution in [0.5, 0.6) is 0 Å². The summed E-state index contributed by atoms with van der Waals surface area (Å²) < 4.78 is 0. The first-order chi connectivity index (χ1) is 8.50. The maximum absolute atomic E-state index is 11.5. The van der Waals surface area contributed by atoms with Gasteiger partial charge in [0.15, 0.2) is 0 Å². The zero-order valence-electron chi connectivity index (χ0n) is 10.5. The Morgan fingerprint density at radius 3 is 2.39 bits per heavy atom. The minimum atomic E-state index is -0.643. The molecule has 0 aliphatic rings. The third-order valence-corrected chi connectivity index (χ3v) is 2.64. The molecule has 0 atom stereocenters. The summed E-state index contributed by atoms with van der Waals surface area (Å²) in [6.07, 6.45) is 0. The van der Waals surface area contributed by atoms with Crippen molar-refractivity contribution in [2.45, 2.75) is 20.4 Å². The van der Waals surface area contributed by atoms with Crippen molar-refractivity contribution in [1.82, 2.24) is 10.6 Å². The Morgan fingerprint density at radius 1 is 1.17 bits per heavy atom. The van der Waals surface area contributed by atoms with Crippen molar-refractivity contribution in [3.8, 4) is 0 Å². The molecule has 4 nitrogen and oxygen atoms in total. The van der Waals surface area contributed by atoms with Crippen LogP contribution in [-0.2, 0) is 16.1 Å². The summed E-state index contributed by atoms with van der Waals surface area (Å²) in [4.78, 5) is 22.9. The minimum Gasteiger partial charge on any atom is -0.348 e. The van der Waals surface area contributed by atoms with Gasteiger partial charge in [-0.2, -0.15) is 0 Å². The van der Waals surface area contributed by atoms with E-state index in [0.717, 1.165) is 5.56 Å². The Morgan fingerprint density at radius 2 is 1.78 bits per heavy atom. The van der Waals surface area contributed by atoms with Crippen molar-refractivity contribution in [1.29, 1.82) is 0 Å². The number of carbonyl (C=O) groups is 2. The van der Waals surface area contributed by atoms with E-state index in [1.54, 1.807) is 12.1 Å². The van der Waals surface area contributed by atoms with Crippen LogP contribution in [0.25, 0.3) is 0 Å². The van der Waals surface area contributed by atoms with Crippen molar-refractivity contribution in [3.63, 3.8) is 0 Å². The summed E-state index contributed by atoms with van der Waals surface area (Å²) in [5.74, 6) is -0.948. The predicted octanol–water partition coefficient (Wildman–Crippen LogP) is 1.73. The quantitative estimate of drug-likeness (QED) is 0.817. The molecule has 0 aliphatic carbocycles. The van der Waals surface area contributed by atoms with E-state index in [2.05, 4.69) is 10.6 Å². The fraction of sp³-hybridized carbons (Fsp3) is 0.385. The Balaban J connectivity index is 2.42. The lowest BCUT2D eigenvalue weighted by Crippen LogP contribution is -2.40. The lowest BCUT2D eigenvalue weighted by Gasteiger charge is -2.08. The molecule has 2 amide bonds. The molecule has 1 aromatic rings. The Kier molecular flexibility index (Phi) is 5.65. The first kappa shape index (κ1) is 14.5. The Labute approximate surface area is 112 Å². The molecule has 0 aliphatic heterocycles. The molecule has 5 heteroatoms. The second kappa shape index (κ2) is 7.01. The van der Waals surface area contributed by atoms with Gasteiger partial charge in [-0.3, -0.25) is 9.59 Å². The van der Waals surface area contributed by atoms with E-state index >= 15 is 0 Å². The van der Waals surface area contributed by atoms with E-state index in [1.165, 1.54) is 0 Å². The summed E-state index contributed by atoms with van der Waals surface area (Å²) in [6, 6.07) is 7.17. The van der Waals surface area contributed by atoms with Crippen LogP contribution in [0.3, 0.4) is 0 Å². The van der Waals surface area contributed by atoms with Gasteiger partial charge in [0, 0.05) is 18.1 Å². The van der Waals surface area contributed by atoms with Crippen molar-refractivity contribution < 1.29 is 9.59 Å². The monoisotopic (exact) mass is 268 g/mol. The second-order valence-corrected chi connectivity index (χ2v) is 4.79. The maximum atomic E-state index is 11.5. The standard InChI is InChI=1S/C13H17ClN2O2/c1-9(2)7-15-12(17)13(18)16-8-10-5-3-4-6-11(10)14/h3-6,9H,7-8H2,1-2H3,(H,15,17)(H,16,18). The van der Waals surface area contributed by atoms with Crippen molar-refractivity contribution >= 4 is 23.4 Å². The molecule has 1 aromatic carbocycles. The van der Waals surface area contributed by atoms with Gasteiger partial charge in [0.1, 0.15) is 0 Å². The molecule has 18 heavy (non-hydrogen) atoms. The Bertz CT molecular complexity index is 433. The van der Waals surface area contributed by atoms with Crippen LogP contribution in [0.2, 0.25) is 5.02 Å². The summed E-state index contributed by atoms with van der Waals surface area (Å²) >= 11 is 5.94. The van der Waals surface area contributed by atoms with Crippen LogP contribution in [-0.4, -0.2) is 18.4 Å². The highest BCUT2D eigenvalue weighted by atomic mass is 35.5. The van der Waals surface area contributed by atoms with Gasteiger partial charge in [0.25, 0.3) is 0 Å². The highest BCUT2D eigenvalue weighted by molar-refractivity contribution is 6.35. The molecular formula is C13H17ClN2O2. The zero-order chi connectivity index (χ0) is 13.5. The third-order valence-electron chi connectivity index (χ3n) is 2.27. The fourth-order valence-corrected chi connectivity index (χ4v) is 1.48. The van der Waals surface area contributed by atoms with Crippen molar-refractivity contribution in [2.24, 2.45) is 5.92 Å². The van der Waals surface area contributed by atoms with Crippen molar-refractivity contribution in [3.05, 3.63) is 34.9 Å². The van der Waals surface area contributed by atoms with E-state index in [1.807, 2.05) is 26.0 Å². The average molecular weight is 269 g/mol. The third kappa shape index (κ3) is 4.75. The van der Waals surface area contributed by atoms with Crippen LogP contribution in [0.15, 0.2) is 24.3 Å². The number of amides is 2. The molecule has 0 saturated carbocycles. The summed E-state index contributed by atoms with van der Waals surface area (Å²) in [5, 5.41) is 5.65. The molecule has 2 N–H and O–H groups in total. The molecule has 98 valence electrons. The van der Waals surface area contributed by atoms with Gasteiger partial charge >= 0.3 is 11.8 Å². The number of rotatable bonds is 4. The van der Waals surface area contributed by atoms with Crippen LogP contribution in [0.1, 0.15) is 19.4 Å². The van der Waals surface area contributed by atoms with Gasteiger partial charge < -0.3 is 10.6 Å². The number of hydrogen-bond donors (Lipinski definition) is 2. The smallest absolute Gasteiger partial charge is 0.309 e. The Hall–Kier alpha value is -1.55. The normalized spacial score (nSPS) is 10.2. The summed E-state index contributed by atoms with van der Waals surface area (Å²) in [6.45, 7) is 4.65. The molecular weight excluding hydrogens is 252 g/mol. The lowest BCUT2D eigenvalue weighted by atomic mass is 10.2. The minimum absolute atomic E-state index is 0.244. The topological polar surface area (TPSA) is 58.2 Å². The van der Waals surface area contributed by atoms with Gasteiger partial charge in [-0.05, 0) is 17.5 Å². The summed E-state index contributed by atoms with van der Waals surface area (Å²) in [5.41, 5.74) is 0.782. The highest BCUT2D eigenvalue weighted by Gasteiger charge is 2.13. The van der Waals surface area contributed by atoms with Gasteiger partial charge in [-0.1, -0.05) is 43.6 Å². The van der Waals surface area contributed by atoms with Gasteiger partial charge in [-0.15, -0.1) is 0 Å². The average Bonchev–Trinajstić information content (AvgIpc) is 2.34. The van der Waals surface area contributed by atoms with Crippen LogP contribution in [0.4, 0.5) is 0 Å². The first-order valence-corrected chi connectivity index (χ1v) is 6.18.